The van der Waals surface area contributed by atoms with Gasteiger partial charge < -0.3 is 15.1 Å². The summed E-state index contributed by atoms with van der Waals surface area (Å²) in [6.07, 6.45) is 1.58. The molecule has 0 fully saturated rings. The molecule has 0 aromatic heterocycles. The Balaban J connectivity index is 2.02. The number of carbonyl (C=O) groups is 2. The molecule has 2 rings (SSSR count). The third-order valence-electron chi connectivity index (χ3n) is 3.67. The largest absolute Gasteiger partial charge is 0.399 e. The van der Waals surface area contributed by atoms with E-state index in [0.29, 0.717) is 17.7 Å². The standard InChI is InChI=1S/C19H21N3O3/c1-20-18(23)16-8-6-15(7-9-16)13-22(2)19(24)17-10-4-14(5-11-17)12-21-25-3/h4-12H,13H2,1-3H3,(H,20,23)/b21-12+. The summed E-state index contributed by atoms with van der Waals surface area (Å²) in [7, 11) is 4.81. The van der Waals surface area contributed by atoms with E-state index in [-0.39, 0.29) is 11.8 Å². The van der Waals surface area contributed by atoms with Gasteiger partial charge in [0.15, 0.2) is 0 Å². The van der Waals surface area contributed by atoms with Gasteiger partial charge in [-0.1, -0.05) is 29.4 Å². The molecule has 0 radical (unpaired) electrons. The number of hydrogen-bond donors (Lipinski definition) is 1. The van der Waals surface area contributed by atoms with Crippen LogP contribution < -0.4 is 5.32 Å². The molecule has 1 N–H and O–H groups in total. The minimum Gasteiger partial charge on any atom is -0.399 e. The lowest BCUT2D eigenvalue weighted by atomic mass is 10.1. The van der Waals surface area contributed by atoms with Gasteiger partial charge in [-0.25, -0.2) is 0 Å². The summed E-state index contributed by atoms with van der Waals surface area (Å²) in [5.41, 5.74) is 2.99. The van der Waals surface area contributed by atoms with Crippen LogP contribution in [0.1, 0.15) is 31.8 Å². The predicted octanol–water partition coefficient (Wildman–Crippen LogP) is 2.30. The van der Waals surface area contributed by atoms with E-state index in [0.717, 1.165) is 11.1 Å². The first-order chi connectivity index (χ1) is 12.0. The Morgan fingerprint density at radius 1 is 1.08 bits per heavy atom. The molecular weight excluding hydrogens is 318 g/mol. The average molecular weight is 339 g/mol. The number of nitrogens with zero attached hydrogens (tertiary/aromatic N) is 2. The maximum absolute atomic E-state index is 12.5. The van der Waals surface area contributed by atoms with Gasteiger partial charge in [0.25, 0.3) is 11.8 Å². The van der Waals surface area contributed by atoms with E-state index in [9.17, 15) is 9.59 Å². The van der Waals surface area contributed by atoms with Crippen molar-refractivity contribution >= 4 is 18.0 Å². The summed E-state index contributed by atoms with van der Waals surface area (Å²) in [6.45, 7) is 0.458. The second-order valence-corrected chi connectivity index (χ2v) is 5.48. The van der Waals surface area contributed by atoms with Gasteiger partial charge in [-0.05, 0) is 35.4 Å². The van der Waals surface area contributed by atoms with Gasteiger partial charge in [-0.2, -0.15) is 0 Å². The summed E-state index contributed by atoms with van der Waals surface area (Å²) < 4.78 is 0. The molecular formula is C19H21N3O3. The topological polar surface area (TPSA) is 71.0 Å². The second-order valence-electron chi connectivity index (χ2n) is 5.48. The van der Waals surface area contributed by atoms with Gasteiger partial charge in [-0.15, -0.1) is 0 Å². The number of oxime groups is 1. The molecule has 0 bridgehead atoms. The number of benzene rings is 2. The third kappa shape index (κ3) is 4.91. The minimum atomic E-state index is -0.131. The van der Waals surface area contributed by atoms with Gasteiger partial charge in [0.05, 0.1) is 6.21 Å². The lowest BCUT2D eigenvalue weighted by Crippen LogP contribution is -2.26. The second kappa shape index (κ2) is 8.63. The van der Waals surface area contributed by atoms with Crippen LogP contribution in [0, 0.1) is 0 Å². The van der Waals surface area contributed by atoms with Crippen LogP contribution in [0.3, 0.4) is 0 Å². The molecule has 0 heterocycles. The Labute approximate surface area is 147 Å². The van der Waals surface area contributed by atoms with Gasteiger partial charge in [0, 0.05) is 31.8 Å². The lowest BCUT2D eigenvalue weighted by Gasteiger charge is -2.17. The Kier molecular flexibility index (Phi) is 6.28. The van der Waals surface area contributed by atoms with Crippen LogP contribution in [0.25, 0.3) is 0 Å². The van der Waals surface area contributed by atoms with Crippen molar-refractivity contribution in [3.8, 4) is 0 Å². The molecule has 0 aliphatic heterocycles. The van der Waals surface area contributed by atoms with Gasteiger partial charge in [0.1, 0.15) is 7.11 Å². The zero-order valence-corrected chi connectivity index (χ0v) is 14.5. The quantitative estimate of drug-likeness (QED) is 0.648. The lowest BCUT2D eigenvalue weighted by molar-refractivity contribution is 0.0784. The summed E-state index contributed by atoms with van der Waals surface area (Å²) in [5, 5.41) is 6.26. The fourth-order valence-corrected chi connectivity index (χ4v) is 2.30. The van der Waals surface area contributed by atoms with Gasteiger partial charge >= 0.3 is 0 Å². The van der Waals surface area contributed by atoms with Crippen LogP contribution in [0.15, 0.2) is 53.7 Å². The van der Waals surface area contributed by atoms with Crippen molar-refractivity contribution in [2.45, 2.75) is 6.54 Å². The maximum Gasteiger partial charge on any atom is 0.253 e. The first kappa shape index (κ1) is 18.2. The highest BCUT2D eigenvalue weighted by Crippen LogP contribution is 2.11. The van der Waals surface area contributed by atoms with E-state index in [1.165, 1.54) is 7.11 Å². The van der Waals surface area contributed by atoms with E-state index in [1.807, 2.05) is 24.3 Å². The van der Waals surface area contributed by atoms with E-state index in [1.54, 1.807) is 49.5 Å². The van der Waals surface area contributed by atoms with Gasteiger partial charge in [-0.3, -0.25) is 9.59 Å². The SMILES string of the molecule is CNC(=O)c1ccc(CN(C)C(=O)c2ccc(/C=N/OC)cc2)cc1. The Hall–Kier alpha value is -3.15. The molecule has 0 aliphatic rings. The maximum atomic E-state index is 12.5. The Bertz CT molecular complexity index is 752. The highest BCUT2D eigenvalue weighted by molar-refractivity contribution is 5.95. The van der Waals surface area contributed by atoms with Crippen molar-refractivity contribution in [1.82, 2.24) is 10.2 Å². The van der Waals surface area contributed by atoms with Crippen molar-refractivity contribution in [2.24, 2.45) is 5.16 Å². The molecule has 2 aromatic carbocycles. The van der Waals surface area contributed by atoms with E-state index in [4.69, 9.17) is 0 Å². The minimum absolute atomic E-state index is 0.0781. The first-order valence-corrected chi connectivity index (χ1v) is 7.78. The van der Waals surface area contributed by atoms with Crippen LogP contribution in [0.4, 0.5) is 0 Å². The molecule has 25 heavy (non-hydrogen) atoms. The molecule has 2 aromatic rings. The summed E-state index contributed by atoms with van der Waals surface area (Å²) in [5.74, 6) is -0.210. The zero-order chi connectivity index (χ0) is 18.2. The fraction of sp³-hybridized carbons (Fsp3) is 0.211. The molecule has 6 heteroatoms. The third-order valence-corrected chi connectivity index (χ3v) is 3.67. The van der Waals surface area contributed by atoms with E-state index in [2.05, 4.69) is 15.3 Å². The average Bonchev–Trinajstić information content (AvgIpc) is 2.66. The van der Waals surface area contributed by atoms with Crippen molar-refractivity contribution in [3.63, 3.8) is 0 Å². The van der Waals surface area contributed by atoms with Crippen molar-refractivity contribution in [3.05, 3.63) is 70.8 Å². The molecule has 0 unspecified atom stereocenters. The molecule has 0 saturated heterocycles. The number of hydrogen-bond acceptors (Lipinski definition) is 4. The zero-order valence-electron chi connectivity index (χ0n) is 14.5. The molecule has 0 saturated carbocycles. The molecule has 6 nitrogen and oxygen atoms in total. The summed E-state index contributed by atoms with van der Waals surface area (Å²) >= 11 is 0. The number of amides is 2. The number of rotatable bonds is 6. The summed E-state index contributed by atoms with van der Waals surface area (Å²) in [4.78, 5) is 30.3. The van der Waals surface area contributed by atoms with Crippen LogP contribution in [0.5, 0.6) is 0 Å². The Morgan fingerprint density at radius 2 is 1.68 bits per heavy atom. The normalized spacial score (nSPS) is 10.5. The van der Waals surface area contributed by atoms with Crippen molar-refractivity contribution in [1.29, 1.82) is 0 Å². The molecule has 0 spiro atoms. The highest BCUT2D eigenvalue weighted by Gasteiger charge is 2.12. The van der Waals surface area contributed by atoms with E-state index < -0.39 is 0 Å². The first-order valence-electron chi connectivity index (χ1n) is 7.78. The van der Waals surface area contributed by atoms with Crippen LogP contribution in [-0.2, 0) is 11.4 Å². The molecule has 0 atom stereocenters. The predicted molar refractivity (Wildman–Crippen MR) is 96.7 cm³/mol. The highest BCUT2D eigenvalue weighted by atomic mass is 16.6. The fourth-order valence-electron chi connectivity index (χ4n) is 2.30. The van der Waals surface area contributed by atoms with E-state index >= 15 is 0 Å². The molecule has 0 aliphatic carbocycles. The van der Waals surface area contributed by atoms with Crippen LogP contribution in [0.2, 0.25) is 0 Å². The van der Waals surface area contributed by atoms with Crippen molar-refractivity contribution in [2.75, 3.05) is 21.2 Å². The molecule has 130 valence electrons. The monoisotopic (exact) mass is 339 g/mol. The smallest absolute Gasteiger partial charge is 0.253 e. The van der Waals surface area contributed by atoms with Crippen LogP contribution in [-0.4, -0.2) is 44.1 Å². The Morgan fingerprint density at radius 3 is 2.24 bits per heavy atom. The van der Waals surface area contributed by atoms with Crippen LogP contribution >= 0.6 is 0 Å². The molecule has 2 amide bonds. The summed E-state index contributed by atoms with van der Waals surface area (Å²) in [6, 6.07) is 14.3. The number of carbonyl (C=O) groups excluding carboxylic acids is 2. The van der Waals surface area contributed by atoms with Gasteiger partial charge in [0.2, 0.25) is 0 Å². The van der Waals surface area contributed by atoms with Crippen molar-refractivity contribution < 1.29 is 14.4 Å². The number of nitrogens with one attached hydrogen (secondary N) is 1.